The van der Waals surface area contributed by atoms with E-state index in [9.17, 15) is 0 Å². The smallest absolute Gasteiger partial charge is 0.225 e. The number of aromatic nitrogens is 1. The van der Waals surface area contributed by atoms with Gasteiger partial charge in [-0.25, -0.2) is 0 Å². The van der Waals surface area contributed by atoms with E-state index in [2.05, 4.69) is 0 Å². The Labute approximate surface area is 235 Å². The minimum Gasteiger partial charge on any atom is -0.489 e. The second-order valence-corrected chi connectivity index (χ2v) is 8.85. The molecule has 0 unspecified atom stereocenters. The van der Waals surface area contributed by atoms with Crippen molar-refractivity contribution in [1.29, 1.82) is 0 Å². The molecule has 2 N–H and O–H groups in total. The van der Waals surface area contributed by atoms with Crippen molar-refractivity contribution >= 4 is 12.4 Å². The van der Waals surface area contributed by atoms with Crippen LogP contribution in [0.5, 0.6) is 17.5 Å². The van der Waals surface area contributed by atoms with Crippen molar-refractivity contribution in [2.24, 2.45) is 5.73 Å². The van der Waals surface area contributed by atoms with E-state index in [1.165, 1.54) is 0 Å². The summed E-state index contributed by atoms with van der Waals surface area (Å²) in [5, 5.41) is 0. The van der Waals surface area contributed by atoms with Crippen LogP contribution in [0.15, 0.2) is 121 Å². The number of pyridine rings is 1. The number of hydrogen-bond donors (Lipinski definition) is 1. The summed E-state index contributed by atoms with van der Waals surface area (Å²) in [6.07, 6.45) is 0. The van der Waals surface area contributed by atoms with E-state index in [4.69, 9.17) is 24.9 Å². The molecule has 0 bridgehead atoms. The van der Waals surface area contributed by atoms with Crippen LogP contribution in [0.1, 0.15) is 22.3 Å². The zero-order valence-electron chi connectivity index (χ0n) is 21.5. The fourth-order valence-corrected chi connectivity index (χ4v) is 4.09. The third-order valence-corrected chi connectivity index (χ3v) is 6.12. The largest absolute Gasteiger partial charge is 0.489 e. The van der Waals surface area contributed by atoms with Gasteiger partial charge < -0.3 is 19.9 Å². The molecular weight excluding hydrogens is 508 g/mol. The van der Waals surface area contributed by atoms with Crippen LogP contribution >= 0.6 is 12.4 Å². The van der Waals surface area contributed by atoms with Gasteiger partial charge in [0.1, 0.15) is 25.6 Å². The lowest BCUT2D eigenvalue weighted by Crippen LogP contribution is -2.05. The maximum Gasteiger partial charge on any atom is 0.225 e. The van der Waals surface area contributed by atoms with Gasteiger partial charge in [0, 0.05) is 18.2 Å². The average Bonchev–Trinajstić information content (AvgIpc) is 2.99. The molecule has 0 aliphatic carbocycles. The number of nitrogens with two attached hydrogens (primary N) is 1. The summed E-state index contributed by atoms with van der Waals surface area (Å²) >= 11 is 0. The van der Waals surface area contributed by atoms with Crippen LogP contribution in [0.2, 0.25) is 0 Å². The first-order valence-corrected chi connectivity index (χ1v) is 12.6. The molecule has 4 aromatic carbocycles. The molecule has 0 fully saturated rings. The predicted molar refractivity (Wildman–Crippen MR) is 157 cm³/mol. The fraction of sp³-hybridized carbons (Fsp3) is 0.121. The second-order valence-electron chi connectivity index (χ2n) is 8.85. The number of nitrogens with zero attached hydrogens (tertiary/aromatic N) is 1. The van der Waals surface area contributed by atoms with Crippen molar-refractivity contribution in [1.82, 2.24) is 4.98 Å². The van der Waals surface area contributed by atoms with E-state index < -0.39 is 0 Å². The van der Waals surface area contributed by atoms with Gasteiger partial charge in [0.05, 0.1) is 0 Å². The van der Waals surface area contributed by atoms with E-state index in [1.54, 1.807) is 0 Å². The molecule has 0 amide bonds. The highest BCUT2D eigenvalue weighted by Gasteiger charge is 2.15. The molecule has 0 spiro atoms. The molecule has 5 rings (SSSR count). The topological polar surface area (TPSA) is 66.6 Å². The summed E-state index contributed by atoms with van der Waals surface area (Å²) in [5.41, 5.74) is 12.1. The van der Waals surface area contributed by atoms with Gasteiger partial charge >= 0.3 is 0 Å². The molecular formula is C33H31ClN2O3. The summed E-state index contributed by atoms with van der Waals surface area (Å²) in [6.45, 7) is 1.65. The SMILES string of the molecule is Cl.NCc1ccc(OCc2ccccc2)cc1-c1ccc(OCc2ccccc2)nc1OCc1ccccc1. The summed E-state index contributed by atoms with van der Waals surface area (Å²) in [7, 11) is 0. The molecule has 0 saturated carbocycles. The maximum absolute atomic E-state index is 6.27. The molecule has 1 aromatic heterocycles. The zero-order chi connectivity index (χ0) is 26.0. The van der Waals surface area contributed by atoms with E-state index in [-0.39, 0.29) is 12.4 Å². The summed E-state index contributed by atoms with van der Waals surface area (Å²) in [4.78, 5) is 4.75. The van der Waals surface area contributed by atoms with E-state index in [0.717, 1.165) is 39.1 Å². The van der Waals surface area contributed by atoms with E-state index in [1.807, 2.05) is 121 Å². The molecule has 0 radical (unpaired) electrons. The van der Waals surface area contributed by atoms with Gasteiger partial charge in [0.2, 0.25) is 11.8 Å². The Morgan fingerprint density at radius 2 is 1.08 bits per heavy atom. The highest BCUT2D eigenvalue weighted by molar-refractivity contribution is 5.85. The maximum atomic E-state index is 6.27. The van der Waals surface area contributed by atoms with Gasteiger partial charge in [-0.2, -0.15) is 4.98 Å². The second kappa shape index (κ2) is 14.0. The molecule has 6 heteroatoms. The number of halogens is 1. The van der Waals surface area contributed by atoms with Crippen LogP contribution in [-0.2, 0) is 26.4 Å². The first-order valence-electron chi connectivity index (χ1n) is 12.6. The Bertz CT molecular complexity index is 1450. The molecule has 0 aliphatic rings. The standard InChI is InChI=1S/C33H30N2O3.ClH/c34-21-28-16-17-29(36-22-25-10-4-1-5-11-25)20-31(28)30-18-19-32(37-23-26-12-6-2-7-13-26)35-33(30)38-24-27-14-8-3-9-15-27;/h1-20H,21-24,34H2;1H. The highest BCUT2D eigenvalue weighted by atomic mass is 35.5. The minimum absolute atomic E-state index is 0. The Hall–Kier alpha value is -4.32. The van der Waals surface area contributed by atoms with Crippen LogP contribution < -0.4 is 19.9 Å². The van der Waals surface area contributed by atoms with Crippen molar-refractivity contribution in [2.45, 2.75) is 26.4 Å². The molecule has 198 valence electrons. The molecule has 39 heavy (non-hydrogen) atoms. The Balaban J connectivity index is 0.00000353. The van der Waals surface area contributed by atoms with E-state index in [0.29, 0.717) is 38.1 Å². The molecule has 5 nitrogen and oxygen atoms in total. The summed E-state index contributed by atoms with van der Waals surface area (Å²) in [6, 6.07) is 39.9. The third kappa shape index (κ3) is 7.60. The monoisotopic (exact) mass is 538 g/mol. The third-order valence-electron chi connectivity index (χ3n) is 6.12. The first-order chi connectivity index (χ1) is 18.8. The fourth-order valence-electron chi connectivity index (χ4n) is 4.09. The molecule has 0 saturated heterocycles. The number of rotatable bonds is 11. The Kier molecular flexibility index (Phi) is 9.95. The summed E-state index contributed by atoms with van der Waals surface area (Å²) in [5.74, 6) is 1.72. The number of hydrogen-bond acceptors (Lipinski definition) is 5. The molecule has 0 atom stereocenters. The van der Waals surface area contributed by atoms with Crippen molar-refractivity contribution < 1.29 is 14.2 Å². The minimum atomic E-state index is 0. The average molecular weight is 539 g/mol. The van der Waals surface area contributed by atoms with Gasteiger partial charge in [-0.3, -0.25) is 0 Å². The lowest BCUT2D eigenvalue weighted by atomic mass is 10.00. The van der Waals surface area contributed by atoms with Crippen LogP contribution in [0.3, 0.4) is 0 Å². The number of ether oxygens (including phenoxy) is 3. The van der Waals surface area contributed by atoms with E-state index >= 15 is 0 Å². The van der Waals surface area contributed by atoms with Crippen molar-refractivity contribution in [3.63, 3.8) is 0 Å². The molecule has 5 aromatic rings. The normalized spacial score (nSPS) is 10.4. The predicted octanol–water partition coefficient (Wildman–Crippen LogP) is 7.37. The van der Waals surface area contributed by atoms with Gasteiger partial charge in [0.15, 0.2) is 0 Å². The lowest BCUT2D eigenvalue weighted by Gasteiger charge is -2.16. The van der Waals surface area contributed by atoms with Crippen LogP contribution in [0, 0.1) is 0 Å². The quantitative estimate of drug-likeness (QED) is 0.190. The van der Waals surface area contributed by atoms with Crippen molar-refractivity contribution in [3.8, 4) is 28.6 Å². The zero-order valence-corrected chi connectivity index (χ0v) is 22.3. The van der Waals surface area contributed by atoms with Gasteiger partial charge in [-0.1, -0.05) is 97.1 Å². The molecule has 1 heterocycles. The van der Waals surface area contributed by atoms with Crippen molar-refractivity contribution in [2.75, 3.05) is 0 Å². The van der Waals surface area contributed by atoms with Crippen molar-refractivity contribution in [3.05, 3.63) is 144 Å². The first kappa shape index (κ1) is 27.7. The number of benzene rings is 4. The highest BCUT2D eigenvalue weighted by Crippen LogP contribution is 2.36. The van der Waals surface area contributed by atoms with Crippen LogP contribution in [-0.4, -0.2) is 4.98 Å². The van der Waals surface area contributed by atoms with Gasteiger partial charge in [-0.15, -0.1) is 12.4 Å². The van der Waals surface area contributed by atoms with Gasteiger partial charge in [0.25, 0.3) is 0 Å². The summed E-state index contributed by atoms with van der Waals surface area (Å²) < 4.78 is 18.4. The molecule has 0 aliphatic heterocycles. The van der Waals surface area contributed by atoms with Crippen LogP contribution in [0.25, 0.3) is 11.1 Å². The Morgan fingerprint density at radius 3 is 1.64 bits per heavy atom. The van der Waals surface area contributed by atoms with Crippen LogP contribution in [0.4, 0.5) is 0 Å². The Morgan fingerprint density at radius 1 is 0.538 bits per heavy atom. The van der Waals surface area contributed by atoms with Gasteiger partial charge in [-0.05, 0) is 46.0 Å². The lowest BCUT2D eigenvalue weighted by molar-refractivity contribution is 0.268.